The second-order valence-corrected chi connectivity index (χ2v) is 12.0. The van der Waals surface area contributed by atoms with Crippen LogP contribution in [-0.4, -0.2) is 123 Å². The maximum atomic E-state index is 12.8. The summed E-state index contributed by atoms with van der Waals surface area (Å²) in [6.07, 6.45) is -2.11. The van der Waals surface area contributed by atoms with Gasteiger partial charge in [0.05, 0.1) is 32.5 Å². The van der Waals surface area contributed by atoms with E-state index in [-0.39, 0.29) is 56.4 Å². The number of aliphatic hydroxyl groups excluding tert-OH is 3. The molecule has 0 aliphatic rings. The summed E-state index contributed by atoms with van der Waals surface area (Å²) in [5.74, 6) is -3.38. The van der Waals surface area contributed by atoms with Crippen molar-refractivity contribution in [2.45, 2.75) is 78.0 Å². The molecule has 3 N–H and O–H groups in total. The summed E-state index contributed by atoms with van der Waals surface area (Å²) in [6.45, 7) is 0.727. The molecule has 0 aliphatic heterocycles. The van der Waals surface area contributed by atoms with Gasteiger partial charge in [-0.2, -0.15) is 0 Å². The van der Waals surface area contributed by atoms with Crippen molar-refractivity contribution in [3.8, 4) is 0 Å². The largest absolute Gasteiger partial charge is 0.468 e. The van der Waals surface area contributed by atoms with Gasteiger partial charge in [0.15, 0.2) is 0 Å². The molecule has 1 aromatic heterocycles. The maximum absolute atomic E-state index is 12.8. The van der Waals surface area contributed by atoms with Gasteiger partial charge in [-0.15, -0.1) is 0 Å². The lowest BCUT2D eigenvalue weighted by Gasteiger charge is -2.15. The van der Waals surface area contributed by atoms with Crippen LogP contribution in [0.25, 0.3) is 0 Å². The van der Waals surface area contributed by atoms with E-state index in [0.29, 0.717) is 0 Å². The average Bonchev–Trinajstić information content (AvgIpc) is 3.08. The monoisotopic (exact) mass is 729 g/mol. The number of carbonyl (C=O) groups excluding carboxylic acids is 5. The van der Waals surface area contributed by atoms with Crippen LogP contribution in [0.5, 0.6) is 0 Å². The fraction of sp³-hybridized carbons (Fsp3) is 0.704. The molecule has 0 fully saturated rings. The third-order valence-electron chi connectivity index (χ3n) is 5.86. The highest BCUT2D eigenvalue weighted by molar-refractivity contribution is 8.77. The predicted octanol–water partition coefficient (Wildman–Crippen LogP) is -2.17. The molecular formula is C27H43N3O16S2. The Labute approximate surface area is 282 Å². The molecule has 274 valence electrons. The van der Waals surface area contributed by atoms with Crippen LogP contribution in [0.1, 0.15) is 40.0 Å². The zero-order chi connectivity index (χ0) is 36.8. The van der Waals surface area contributed by atoms with E-state index in [1.807, 2.05) is 0 Å². The van der Waals surface area contributed by atoms with Crippen molar-refractivity contribution < 1.29 is 63.0 Å². The number of ether oxygens (including phenoxy) is 5. The molecule has 3 unspecified atom stereocenters. The molecule has 1 rings (SSSR count). The van der Waals surface area contributed by atoms with Crippen LogP contribution < -0.4 is 17.1 Å². The minimum Gasteiger partial charge on any atom is -0.468 e. The topological polar surface area (TPSA) is 258 Å². The van der Waals surface area contributed by atoms with Gasteiger partial charge in [0.1, 0.15) is 51.0 Å². The van der Waals surface area contributed by atoms with E-state index in [9.17, 15) is 53.7 Å². The number of esters is 5. The molecule has 0 amide bonds. The smallest absolute Gasteiger partial charge is 0.337 e. The molecule has 0 spiro atoms. The Hall–Kier alpha value is -3.66. The zero-order valence-electron chi connectivity index (χ0n) is 27.3. The third kappa shape index (κ3) is 17.5. The van der Waals surface area contributed by atoms with Gasteiger partial charge in [-0.1, -0.05) is 42.4 Å². The van der Waals surface area contributed by atoms with E-state index in [1.54, 1.807) is 20.8 Å². The van der Waals surface area contributed by atoms with Crippen molar-refractivity contribution >= 4 is 51.4 Å². The number of nitrogens with zero attached hydrogens (tertiary/aromatic N) is 3. The van der Waals surface area contributed by atoms with Gasteiger partial charge < -0.3 is 39.0 Å². The summed E-state index contributed by atoms with van der Waals surface area (Å²) in [4.78, 5) is 96.0. The first-order valence-electron chi connectivity index (χ1n) is 14.5. The van der Waals surface area contributed by atoms with E-state index in [4.69, 9.17) is 14.2 Å². The highest BCUT2D eigenvalue weighted by atomic mass is 33.1. The van der Waals surface area contributed by atoms with E-state index in [1.165, 1.54) is 35.8 Å². The number of hydrogen-bond acceptors (Lipinski definition) is 18. The summed E-state index contributed by atoms with van der Waals surface area (Å²) in [5.41, 5.74) is -4.05. The Kier molecular flexibility index (Phi) is 22.6. The quantitative estimate of drug-likeness (QED) is 0.0558. The first kappa shape index (κ1) is 44.3. The Balaban J connectivity index is 0.00000155. The fourth-order valence-electron chi connectivity index (χ4n) is 2.83. The van der Waals surface area contributed by atoms with Gasteiger partial charge in [0.25, 0.3) is 0 Å². The lowest BCUT2D eigenvalue weighted by Crippen LogP contribution is -2.56. The summed E-state index contributed by atoms with van der Waals surface area (Å²) >= 11 is 0. The van der Waals surface area contributed by atoms with Crippen molar-refractivity contribution in [3.05, 3.63) is 31.5 Å². The molecule has 0 saturated heterocycles. The van der Waals surface area contributed by atoms with E-state index >= 15 is 0 Å². The molecule has 0 aromatic carbocycles. The predicted molar refractivity (Wildman–Crippen MR) is 170 cm³/mol. The molecular weight excluding hydrogens is 686 g/mol. The molecule has 0 bridgehead atoms. The maximum Gasteiger partial charge on any atom is 0.337 e. The van der Waals surface area contributed by atoms with Crippen LogP contribution in [0, 0.1) is 0 Å². The van der Waals surface area contributed by atoms with Crippen LogP contribution in [0.15, 0.2) is 14.4 Å². The van der Waals surface area contributed by atoms with Crippen LogP contribution in [0.2, 0.25) is 0 Å². The van der Waals surface area contributed by atoms with Crippen LogP contribution in [0.4, 0.5) is 0 Å². The first-order chi connectivity index (χ1) is 22.6. The molecule has 21 heteroatoms. The molecule has 1 aromatic rings. The van der Waals surface area contributed by atoms with Crippen molar-refractivity contribution in [1.29, 1.82) is 0 Å². The van der Waals surface area contributed by atoms with Crippen LogP contribution in [-0.2, 0) is 67.3 Å². The molecule has 19 nitrogen and oxygen atoms in total. The number of aliphatic hydroxyl groups is 3. The van der Waals surface area contributed by atoms with Gasteiger partial charge >= 0.3 is 46.9 Å². The van der Waals surface area contributed by atoms with Crippen molar-refractivity contribution in [2.24, 2.45) is 0 Å². The van der Waals surface area contributed by atoms with Gasteiger partial charge in [-0.3, -0.25) is 24.0 Å². The number of rotatable bonds is 20. The zero-order valence-corrected chi connectivity index (χ0v) is 29.0. The molecule has 0 saturated carbocycles. The van der Waals surface area contributed by atoms with Crippen molar-refractivity contribution in [3.63, 3.8) is 0 Å². The molecule has 48 heavy (non-hydrogen) atoms. The fourth-order valence-corrected chi connectivity index (χ4v) is 4.50. The molecule has 0 aliphatic carbocycles. The van der Waals surface area contributed by atoms with E-state index in [2.05, 4.69) is 9.47 Å². The lowest BCUT2D eigenvalue weighted by atomic mass is 10.3. The Morgan fingerprint density at radius 2 is 0.792 bits per heavy atom. The third-order valence-corrected chi connectivity index (χ3v) is 7.94. The van der Waals surface area contributed by atoms with Crippen LogP contribution in [0.3, 0.4) is 0 Å². The van der Waals surface area contributed by atoms with Gasteiger partial charge in [0.2, 0.25) is 0 Å². The average molecular weight is 730 g/mol. The first-order valence-corrected chi connectivity index (χ1v) is 17.0. The number of carbonyl (C=O) groups is 5. The summed E-state index contributed by atoms with van der Waals surface area (Å²) in [5, 5.41) is 28.6. The Morgan fingerprint density at radius 1 is 0.542 bits per heavy atom. The standard InChI is InChI=1S/C21H33N3O12.C6H10O4S2/c1-4-13(25)10-34-16(28)7-22-19(31)23(8-17(29)35-11-14(26)5-2)21(33)24(20(22)32)9-18(30)36-12-15(27)6-3;1-9-5(7)3-11-12-4-6(8)10-2/h13-15,25-27H,4-12H2,1-3H3;3-4H2,1-2H3. The lowest BCUT2D eigenvalue weighted by molar-refractivity contribution is -0.147. The number of aromatic nitrogens is 3. The van der Waals surface area contributed by atoms with Gasteiger partial charge in [-0.25, -0.2) is 28.1 Å². The molecule has 1 heterocycles. The van der Waals surface area contributed by atoms with Gasteiger partial charge in [-0.05, 0) is 19.3 Å². The normalized spacial score (nSPS) is 12.4. The Bertz CT molecular complexity index is 1190. The van der Waals surface area contributed by atoms with E-state index in [0.717, 1.165) is 0 Å². The van der Waals surface area contributed by atoms with E-state index < -0.39 is 92.7 Å². The highest BCUT2D eigenvalue weighted by Crippen LogP contribution is 2.20. The molecule has 0 radical (unpaired) electrons. The second kappa shape index (κ2) is 24.5. The van der Waals surface area contributed by atoms with Gasteiger partial charge in [0, 0.05) is 0 Å². The van der Waals surface area contributed by atoms with Crippen molar-refractivity contribution in [2.75, 3.05) is 45.5 Å². The minimum atomic E-state index is -1.35. The van der Waals surface area contributed by atoms with Crippen LogP contribution >= 0.6 is 21.6 Å². The summed E-state index contributed by atoms with van der Waals surface area (Å²) < 4.78 is 24.1. The second-order valence-electron chi connectivity index (χ2n) is 9.52. The number of methoxy groups -OCH3 is 2. The number of hydrogen-bond donors (Lipinski definition) is 3. The Morgan fingerprint density at radius 3 is 1.00 bits per heavy atom. The summed E-state index contributed by atoms with van der Waals surface area (Å²) in [7, 11) is 5.20. The minimum absolute atomic E-state index is 0.248. The molecule has 3 atom stereocenters. The summed E-state index contributed by atoms with van der Waals surface area (Å²) in [6, 6.07) is 0. The SMILES string of the molecule is CCC(O)COC(=O)Cn1c(=O)n(CC(=O)OCC(O)CC)c(=O)n(CC(=O)OCC(O)CC)c1=O.COC(=O)CSSCC(=O)OC. The highest BCUT2D eigenvalue weighted by Gasteiger charge is 2.23. The van der Waals surface area contributed by atoms with Crippen molar-refractivity contribution in [1.82, 2.24) is 13.7 Å².